The smallest absolute Gasteiger partial charge is 0.269 e. The van der Waals surface area contributed by atoms with E-state index in [0.717, 1.165) is 53.5 Å². The van der Waals surface area contributed by atoms with E-state index < -0.39 is 0 Å². The fraction of sp³-hybridized carbons (Fsp3) is 0.214. The number of hydrogen-bond donors (Lipinski definition) is 2. The Balaban J connectivity index is 1.43. The zero-order valence-electron chi connectivity index (χ0n) is 18.4. The van der Waals surface area contributed by atoms with Crippen LogP contribution in [0.1, 0.15) is 40.9 Å². The second-order valence-electron chi connectivity index (χ2n) is 8.81. The normalized spacial score (nSPS) is 19.9. The van der Waals surface area contributed by atoms with Crippen LogP contribution in [0, 0.1) is 0 Å². The number of nitrogens with one attached hydrogen (secondary N) is 2. The van der Waals surface area contributed by atoms with Gasteiger partial charge in [-0.1, -0.05) is 66.7 Å². The van der Waals surface area contributed by atoms with Crippen LogP contribution in [0.5, 0.6) is 0 Å². The van der Waals surface area contributed by atoms with Crippen LogP contribution in [-0.4, -0.2) is 35.4 Å². The molecule has 4 aromatic rings. The number of aromatic nitrogens is 1. The van der Waals surface area contributed by atoms with Crippen molar-refractivity contribution in [3.8, 4) is 0 Å². The maximum atomic E-state index is 13.4. The molecule has 1 saturated heterocycles. The molecule has 3 heterocycles. The molecule has 1 aromatic heterocycles. The number of hydrogen-bond acceptors (Lipinski definition) is 3. The van der Waals surface area contributed by atoms with Gasteiger partial charge in [-0.05, 0) is 37.5 Å². The lowest BCUT2D eigenvalue weighted by Gasteiger charge is -2.39. The number of piperidine rings is 1. The van der Waals surface area contributed by atoms with Gasteiger partial charge in [-0.15, -0.1) is 0 Å². The van der Waals surface area contributed by atoms with E-state index in [4.69, 9.17) is 4.99 Å². The molecule has 2 N–H and O–H groups in total. The SMILES string of the molecule is O=C(NC1N=C(c2ccccc2)c2ccccc2N2CCCCC12)c1cc2ccccc2[nH]1. The molecule has 5 nitrogen and oxygen atoms in total. The summed E-state index contributed by atoms with van der Waals surface area (Å²) in [7, 11) is 0. The van der Waals surface area contributed by atoms with Gasteiger partial charge in [-0.25, -0.2) is 0 Å². The fourth-order valence-electron chi connectivity index (χ4n) is 5.17. The third-order valence-electron chi connectivity index (χ3n) is 6.75. The summed E-state index contributed by atoms with van der Waals surface area (Å²) in [6, 6.07) is 28.8. The maximum absolute atomic E-state index is 13.4. The van der Waals surface area contributed by atoms with Gasteiger partial charge >= 0.3 is 0 Å². The molecule has 0 saturated carbocycles. The van der Waals surface area contributed by atoms with Crippen molar-refractivity contribution in [1.29, 1.82) is 0 Å². The summed E-state index contributed by atoms with van der Waals surface area (Å²) >= 11 is 0. The summed E-state index contributed by atoms with van der Waals surface area (Å²) < 4.78 is 0. The molecule has 2 aliphatic rings. The van der Waals surface area contributed by atoms with E-state index in [2.05, 4.69) is 51.6 Å². The predicted octanol–water partition coefficient (Wildman–Crippen LogP) is 5.13. The lowest BCUT2D eigenvalue weighted by molar-refractivity contribution is 0.0925. The molecule has 1 amide bonds. The fourth-order valence-corrected chi connectivity index (χ4v) is 5.17. The summed E-state index contributed by atoms with van der Waals surface area (Å²) in [6.45, 7) is 0.970. The maximum Gasteiger partial charge on any atom is 0.269 e. The van der Waals surface area contributed by atoms with E-state index in [1.165, 1.54) is 5.69 Å². The molecule has 3 aromatic carbocycles. The third-order valence-corrected chi connectivity index (χ3v) is 6.75. The van der Waals surface area contributed by atoms with Crippen LogP contribution in [0.25, 0.3) is 10.9 Å². The van der Waals surface area contributed by atoms with Crippen LogP contribution in [0.15, 0.2) is 89.9 Å². The molecular formula is C28H26N4O. The number of rotatable bonds is 3. The minimum atomic E-state index is -0.341. The summed E-state index contributed by atoms with van der Waals surface area (Å²) in [5.41, 5.74) is 5.85. The Labute approximate surface area is 193 Å². The van der Waals surface area contributed by atoms with Crippen LogP contribution in [0.2, 0.25) is 0 Å². The highest BCUT2D eigenvalue weighted by molar-refractivity contribution is 6.16. The molecule has 0 aliphatic carbocycles. The van der Waals surface area contributed by atoms with Crippen LogP contribution in [-0.2, 0) is 0 Å². The van der Waals surface area contributed by atoms with Crippen molar-refractivity contribution in [2.24, 2.45) is 4.99 Å². The molecule has 5 heteroatoms. The molecule has 0 radical (unpaired) electrons. The Morgan fingerprint density at radius 2 is 1.73 bits per heavy atom. The number of nitrogens with zero attached hydrogens (tertiary/aromatic N) is 2. The highest BCUT2D eigenvalue weighted by atomic mass is 16.2. The number of carbonyl (C=O) groups excluding carboxylic acids is 1. The first kappa shape index (κ1) is 19.8. The predicted molar refractivity (Wildman–Crippen MR) is 133 cm³/mol. The first-order valence-corrected chi connectivity index (χ1v) is 11.7. The van der Waals surface area contributed by atoms with Gasteiger partial charge in [0.1, 0.15) is 11.9 Å². The van der Waals surface area contributed by atoms with Gasteiger partial charge < -0.3 is 15.2 Å². The number of anilines is 1. The largest absolute Gasteiger partial charge is 0.364 e. The Kier molecular flexibility index (Phi) is 4.95. The summed E-state index contributed by atoms with van der Waals surface area (Å²) in [5.74, 6) is -0.121. The third kappa shape index (κ3) is 3.59. The molecule has 1 fully saturated rings. The highest BCUT2D eigenvalue weighted by Crippen LogP contribution is 2.34. The first-order valence-electron chi connectivity index (χ1n) is 11.7. The van der Waals surface area contributed by atoms with Crippen molar-refractivity contribution >= 4 is 28.2 Å². The second kappa shape index (κ2) is 8.24. The Morgan fingerprint density at radius 3 is 2.61 bits per heavy atom. The number of aliphatic imine (C=N–C) groups is 1. The average molecular weight is 435 g/mol. The molecule has 164 valence electrons. The van der Waals surface area contributed by atoms with Crippen molar-refractivity contribution in [2.45, 2.75) is 31.5 Å². The van der Waals surface area contributed by atoms with Gasteiger partial charge in [-0.3, -0.25) is 9.79 Å². The van der Waals surface area contributed by atoms with Crippen LogP contribution < -0.4 is 10.2 Å². The molecule has 2 aliphatic heterocycles. The van der Waals surface area contributed by atoms with Gasteiger partial charge in [0.15, 0.2) is 0 Å². The van der Waals surface area contributed by atoms with Gasteiger partial charge in [0.25, 0.3) is 5.91 Å². The minimum absolute atomic E-state index is 0.120. The quantitative estimate of drug-likeness (QED) is 0.469. The van der Waals surface area contributed by atoms with Gasteiger partial charge in [0.2, 0.25) is 0 Å². The zero-order valence-corrected chi connectivity index (χ0v) is 18.4. The minimum Gasteiger partial charge on any atom is -0.364 e. The molecule has 2 unspecified atom stereocenters. The van der Waals surface area contributed by atoms with E-state index in [0.29, 0.717) is 5.69 Å². The number of amides is 1. The summed E-state index contributed by atoms with van der Waals surface area (Å²) in [4.78, 5) is 24.3. The van der Waals surface area contributed by atoms with E-state index >= 15 is 0 Å². The molecular weight excluding hydrogens is 408 g/mol. The van der Waals surface area contributed by atoms with Crippen molar-refractivity contribution in [3.05, 3.63) is 102 Å². The number of H-pyrrole nitrogens is 1. The molecule has 0 spiro atoms. The summed E-state index contributed by atoms with van der Waals surface area (Å²) in [6.07, 6.45) is 2.94. The van der Waals surface area contributed by atoms with Crippen LogP contribution >= 0.6 is 0 Å². The lowest BCUT2D eigenvalue weighted by Crippen LogP contribution is -2.52. The number of carbonyl (C=O) groups is 1. The molecule has 6 rings (SSSR count). The Morgan fingerprint density at radius 1 is 0.939 bits per heavy atom. The molecule has 2 atom stereocenters. The topological polar surface area (TPSA) is 60.5 Å². The molecule has 33 heavy (non-hydrogen) atoms. The second-order valence-corrected chi connectivity index (χ2v) is 8.81. The van der Waals surface area contributed by atoms with Crippen molar-refractivity contribution < 1.29 is 4.79 Å². The van der Waals surface area contributed by atoms with E-state index in [-0.39, 0.29) is 18.1 Å². The number of para-hydroxylation sites is 2. The summed E-state index contributed by atoms with van der Waals surface area (Å²) in [5, 5.41) is 4.30. The number of aromatic amines is 1. The monoisotopic (exact) mass is 434 g/mol. The Bertz CT molecular complexity index is 1310. The van der Waals surface area contributed by atoms with E-state index in [1.54, 1.807) is 0 Å². The van der Waals surface area contributed by atoms with E-state index in [9.17, 15) is 4.79 Å². The van der Waals surface area contributed by atoms with Crippen LogP contribution in [0.3, 0.4) is 0 Å². The van der Waals surface area contributed by atoms with Crippen molar-refractivity contribution in [2.75, 3.05) is 11.4 Å². The zero-order chi connectivity index (χ0) is 22.2. The lowest BCUT2D eigenvalue weighted by atomic mass is 9.97. The van der Waals surface area contributed by atoms with Crippen molar-refractivity contribution in [3.63, 3.8) is 0 Å². The number of fused-ring (bicyclic) bond motifs is 4. The van der Waals surface area contributed by atoms with Crippen LogP contribution in [0.4, 0.5) is 5.69 Å². The van der Waals surface area contributed by atoms with Gasteiger partial charge in [-0.2, -0.15) is 0 Å². The average Bonchev–Trinajstić information content (AvgIpc) is 3.26. The van der Waals surface area contributed by atoms with E-state index in [1.807, 2.05) is 48.5 Å². The standard InChI is InChI=1S/C28H26N4O/c33-28(23-18-20-12-4-6-14-22(20)29-23)31-27-25-16-8-9-17-32(25)24-15-7-5-13-21(24)26(30-27)19-10-2-1-3-11-19/h1-7,10-15,18,25,27,29H,8-9,16-17H2,(H,31,33). The highest BCUT2D eigenvalue weighted by Gasteiger charge is 2.36. The van der Waals surface area contributed by atoms with Gasteiger partial charge in [0, 0.05) is 34.3 Å². The first-order chi connectivity index (χ1) is 16.3. The van der Waals surface area contributed by atoms with Crippen molar-refractivity contribution in [1.82, 2.24) is 10.3 Å². The molecule has 0 bridgehead atoms. The number of benzene rings is 3. The van der Waals surface area contributed by atoms with Gasteiger partial charge in [0.05, 0.1) is 11.8 Å². The Hall–Kier alpha value is -3.86.